The highest BCUT2D eigenvalue weighted by molar-refractivity contribution is 7.99. The lowest BCUT2D eigenvalue weighted by Crippen LogP contribution is -2.15. The quantitative estimate of drug-likeness (QED) is 0.232. The number of benzene rings is 2. The molecule has 0 aliphatic carbocycles. The van der Waals surface area contributed by atoms with Crippen LogP contribution in [0.5, 0.6) is 0 Å². The first-order valence-electron chi connectivity index (χ1n) is 10.1. The Morgan fingerprint density at radius 1 is 1.15 bits per heavy atom. The van der Waals surface area contributed by atoms with Crippen molar-refractivity contribution in [1.29, 1.82) is 0 Å². The summed E-state index contributed by atoms with van der Waals surface area (Å²) in [5.41, 5.74) is 3.01. The second-order valence-corrected chi connectivity index (χ2v) is 8.35. The van der Waals surface area contributed by atoms with Crippen molar-refractivity contribution in [2.24, 2.45) is 0 Å². The fraction of sp³-hybridized carbons (Fsp3) is 0.130. The summed E-state index contributed by atoms with van der Waals surface area (Å²) >= 11 is 1.15. The minimum atomic E-state index is -0.971. The predicted octanol–water partition coefficient (Wildman–Crippen LogP) is 4.72. The van der Waals surface area contributed by atoms with Gasteiger partial charge in [0.15, 0.2) is 11.0 Å². The van der Waals surface area contributed by atoms with Crippen molar-refractivity contribution in [3.8, 4) is 17.2 Å². The van der Waals surface area contributed by atoms with E-state index >= 15 is 0 Å². The normalized spacial score (nSPS) is 10.8. The predicted molar refractivity (Wildman–Crippen MR) is 126 cm³/mol. The van der Waals surface area contributed by atoms with Gasteiger partial charge in [0, 0.05) is 18.0 Å². The Hall–Kier alpha value is -4.12. The molecule has 0 atom stereocenters. The van der Waals surface area contributed by atoms with Crippen LogP contribution in [-0.2, 0) is 4.79 Å². The van der Waals surface area contributed by atoms with E-state index in [0.717, 1.165) is 40.7 Å². The molecule has 172 valence electrons. The van der Waals surface area contributed by atoms with Crippen LogP contribution in [0.4, 0.5) is 15.8 Å². The Kier molecular flexibility index (Phi) is 6.64. The highest BCUT2D eigenvalue weighted by Crippen LogP contribution is 2.29. The summed E-state index contributed by atoms with van der Waals surface area (Å²) < 4.78 is 15.4. The molecule has 9 nitrogen and oxygen atoms in total. The van der Waals surface area contributed by atoms with Crippen LogP contribution in [0.25, 0.3) is 17.2 Å². The zero-order valence-electron chi connectivity index (χ0n) is 18.2. The van der Waals surface area contributed by atoms with Crippen LogP contribution in [0.2, 0.25) is 0 Å². The molecule has 2 heterocycles. The second kappa shape index (κ2) is 9.79. The Balaban J connectivity index is 1.60. The molecule has 1 N–H and O–H groups in total. The summed E-state index contributed by atoms with van der Waals surface area (Å²) in [5, 5.41) is 22.6. The molecule has 0 saturated heterocycles. The van der Waals surface area contributed by atoms with Gasteiger partial charge in [-0.1, -0.05) is 35.5 Å². The summed E-state index contributed by atoms with van der Waals surface area (Å²) in [6.07, 6.45) is 1.67. The highest BCUT2D eigenvalue weighted by Gasteiger charge is 2.20. The lowest BCUT2D eigenvalue weighted by atomic mass is 10.1. The van der Waals surface area contributed by atoms with Crippen molar-refractivity contribution in [3.63, 3.8) is 0 Å². The first kappa shape index (κ1) is 23.1. The van der Waals surface area contributed by atoms with E-state index in [9.17, 15) is 19.3 Å². The van der Waals surface area contributed by atoms with E-state index in [1.807, 2.05) is 48.7 Å². The van der Waals surface area contributed by atoms with Crippen molar-refractivity contribution < 1.29 is 14.1 Å². The number of amides is 1. The number of anilines is 1. The number of rotatable bonds is 7. The zero-order chi connectivity index (χ0) is 24.2. The smallest absolute Gasteiger partial charge is 0.306 e. The lowest BCUT2D eigenvalue weighted by molar-refractivity contribution is -0.387. The molecule has 0 fully saturated rings. The van der Waals surface area contributed by atoms with E-state index in [0.29, 0.717) is 16.7 Å². The average molecular weight is 479 g/mol. The first-order chi connectivity index (χ1) is 16.3. The number of nitro groups is 1. The molecule has 0 aliphatic rings. The van der Waals surface area contributed by atoms with Crippen LogP contribution in [0.3, 0.4) is 0 Å². The first-order valence-corrected chi connectivity index (χ1v) is 11.1. The third-order valence-electron chi connectivity index (χ3n) is 4.88. The number of carbonyl (C=O) groups excluding carboxylic acids is 1. The average Bonchev–Trinajstić information content (AvgIpc) is 3.23. The number of nitrogens with zero attached hydrogens (tertiary/aromatic N) is 5. The van der Waals surface area contributed by atoms with Crippen LogP contribution in [0, 0.1) is 29.8 Å². The molecule has 4 aromatic rings. The van der Waals surface area contributed by atoms with Gasteiger partial charge in [0.2, 0.25) is 11.7 Å². The summed E-state index contributed by atoms with van der Waals surface area (Å²) in [6, 6.07) is 14.7. The standard InChI is InChI=1S/C23H19FN6O3S/c1-14-6-9-19(15(2)11-14)29-22(18-5-3-4-10-25-18)27-28-23(29)34-13-21(31)26-16-7-8-17(24)20(12-16)30(32)33/h3-12H,13H2,1-2H3,(H,26,31). The topological polar surface area (TPSA) is 116 Å². The fourth-order valence-corrected chi connectivity index (χ4v) is 4.10. The molecule has 2 aromatic carbocycles. The van der Waals surface area contributed by atoms with Gasteiger partial charge in [-0.3, -0.25) is 24.5 Å². The maximum absolute atomic E-state index is 13.6. The molecule has 0 bridgehead atoms. The number of aryl methyl sites for hydroxylation is 2. The van der Waals surface area contributed by atoms with Crippen LogP contribution < -0.4 is 5.32 Å². The van der Waals surface area contributed by atoms with Crippen LogP contribution in [0.1, 0.15) is 11.1 Å². The van der Waals surface area contributed by atoms with E-state index < -0.39 is 22.3 Å². The number of aromatic nitrogens is 4. The third-order valence-corrected chi connectivity index (χ3v) is 5.81. The van der Waals surface area contributed by atoms with Crippen molar-refractivity contribution in [2.45, 2.75) is 19.0 Å². The summed E-state index contributed by atoms with van der Waals surface area (Å²) in [7, 11) is 0. The third kappa shape index (κ3) is 4.94. The van der Waals surface area contributed by atoms with Gasteiger partial charge < -0.3 is 5.32 Å². The summed E-state index contributed by atoms with van der Waals surface area (Å²) in [5.74, 6) is -0.915. The molecule has 0 radical (unpaired) electrons. The van der Waals surface area contributed by atoms with Gasteiger partial charge in [0.05, 0.1) is 16.4 Å². The minimum absolute atomic E-state index is 0.0452. The maximum Gasteiger partial charge on any atom is 0.306 e. The van der Waals surface area contributed by atoms with Crippen LogP contribution in [0.15, 0.2) is 66.0 Å². The fourth-order valence-electron chi connectivity index (χ4n) is 3.36. The molecule has 2 aromatic heterocycles. The van der Waals surface area contributed by atoms with Gasteiger partial charge >= 0.3 is 5.69 Å². The molecule has 0 saturated carbocycles. The molecular weight excluding hydrogens is 459 g/mol. The molecule has 0 unspecified atom stereocenters. The van der Waals surface area contributed by atoms with E-state index in [1.54, 1.807) is 12.3 Å². The van der Waals surface area contributed by atoms with E-state index in [4.69, 9.17) is 0 Å². The number of halogens is 1. The minimum Gasteiger partial charge on any atom is -0.325 e. The van der Waals surface area contributed by atoms with E-state index in [1.165, 1.54) is 6.07 Å². The number of nitro benzene ring substituents is 1. The highest BCUT2D eigenvalue weighted by atomic mass is 32.2. The maximum atomic E-state index is 13.6. The molecule has 34 heavy (non-hydrogen) atoms. The molecule has 11 heteroatoms. The Morgan fingerprint density at radius 2 is 1.97 bits per heavy atom. The van der Waals surface area contributed by atoms with Crippen LogP contribution >= 0.6 is 11.8 Å². The molecule has 4 rings (SSSR count). The number of carbonyl (C=O) groups is 1. The number of pyridine rings is 1. The van der Waals surface area contributed by atoms with Gasteiger partial charge in [-0.15, -0.1) is 10.2 Å². The summed E-state index contributed by atoms with van der Waals surface area (Å²) in [4.78, 5) is 27.0. The van der Waals surface area contributed by atoms with Gasteiger partial charge in [0.1, 0.15) is 5.69 Å². The monoisotopic (exact) mass is 478 g/mol. The molecule has 0 spiro atoms. The summed E-state index contributed by atoms with van der Waals surface area (Å²) in [6.45, 7) is 3.98. The molecule has 1 amide bonds. The lowest BCUT2D eigenvalue weighted by Gasteiger charge is -2.13. The van der Waals surface area contributed by atoms with Crippen LogP contribution in [-0.4, -0.2) is 36.3 Å². The number of nitrogens with one attached hydrogen (secondary N) is 1. The largest absolute Gasteiger partial charge is 0.325 e. The van der Waals surface area contributed by atoms with Gasteiger partial charge in [-0.05, 0) is 49.7 Å². The zero-order valence-corrected chi connectivity index (χ0v) is 19.0. The number of hydrogen-bond acceptors (Lipinski definition) is 7. The van der Waals surface area contributed by atoms with Crippen molar-refractivity contribution in [2.75, 3.05) is 11.1 Å². The van der Waals surface area contributed by atoms with E-state index in [2.05, 4.69) is 20.5 Å². The van der Waals surface area contributed by atoms with Gasteiger partial charge in [-0.2, -0.15) is 4.39 Å². The SMILES string of the molecule is Cc1ccc(-n2c(SCC(=O)Nc3ccc(F)c([N+](=O)[O-])c3)nnc2-c2ccccn2)c(C)c1. The van der Waals surface area contributed by atoms with E-state index in [-0.39, 0.29) is 11.4 Å². The Labute approximate surface area is 198 Å². The Bertz CT molecular complexity index is 1380. The molecule has 0 aliphatic heterocycles. The number of thioether (sulfide) groups is 1. The van der Waals surface area contributed by atoms with Crippen molar-refractivity contribution in [1.82, 2.24) is 19.7 Å². The van der Waals surface area contributed by atoms with Crippen molar-refractivity contribution >= 4 is 29.0 Å². The van der Waals surface area contributed by atoms with Gasteiger partial charge in [0.25, 0.3) is 0 Å². The second-order valence-electron chi connectivity index (χ2n) is 7.41. The number of hydrogen-bond donors (Lipinski definition) is 1. The van der Waals surface area contributed by atoms with Crippen molar-refractivity contribution in [3.05, 3.63) is 87.9 Å². The molecular formula is C23H19FN6O3S. The Morgan fingerprint density at radius 3 is 2.68 bits per heavy atom. The van der Waals surface area contributed by atoms with Gasteiger partial charge in [-0.25, -0.2) is 0 Å².